The molecule has 0 aliphatic heterocycles. The quantitative estimate of drug-likeness (QED) is 0.459. The molecule has 5 nitrogen and oxygen atoms in total. The van der Waals surface area contributed by atoms with E-state index in [2.05, 4.69) is 29.1 Å². The molecule has 0 aliphatic rings. The van der Waals surface area contributed by atoms with Crippen LogP contribution in [0.1, 0.15) is 55.2 Å². The Morgan fingerprint density at radius 2 is 1.81 bits per heavy atom. The fraction of sp³-hybridized carbons (Fsp3) is 0.240. The van der Waals surface area contributed by atoms with Crippen LogP contribution in [0.5, 0.6) is 0 Å². The Kier molecular flexibility index (Phi) is 5.09. The van der Waals surface area contributed by atoms with Crippen LogP contribution in [0.2, 0.25) is 0 Å². The largest absolute Gasteiger partial charge is 0.354 e. The first kappa shape index (κ1) is 20.7. The van der Waals surface area contributed by atoms with Gasteiger partial charge in [-0.25, -0.2) is 4.39 Å². The molecule has 0 bridgehead atoms. The zero-order valence-corrected chi connectivity index (χ0v) is 17.9. The predicted molar refractivity (Wildman–Crippen MR) is 121 cm³/mol. The second kappa shape index (κ2) is 7.61. The van der Waals surface area contributed by atoms with E-state index in [1.807, 2.05) is 32.0 Å². The molecule has 0 atom stereocenters. The smallest absolute Gasteiger partial charge is 0.255 e. The van der Waals surface area contributed by atoms with Gasteiger partial charge in [-0.3, -0.25) is 14.6 Å². The average Bonchev–Trinajstić information content (AvgIpc) is 2.74. The summed E-state index contributed by atoms with van der Waals surface area (Å²) < 4.78 is 14.8. The Balaban J connectivity index is 1.70. The number of fused-ring (bicyclic) bond motifs is 2. The third-order valence-corrected chi connectivity index (χ3v) is 5.56. The highest BCUT2D eigenvalue weighted by Crippen LogP contribution is 2.24. The molecule has 2 heterocycles. The molecule has 2 aromatic carbocycles. The lowest BCUT2D eigenvalue weighted by molar-refractivity contribution is 0.0908. The Bertz CT molecular complexity index is 1360. The fourth-order valence-electron chi connectivity index (χ4n) is 3.66. The summed E-state index contributed by atoms with van der Waals surface area (Å²) in [6.45, 7) is 7.80. The van der Waals surface area contributed by atoms with E-state index < -0.39 is 17.3 Å². The first-order valence-electron chi connectivity index (χ1n) is 10.2. The van der Waals surface area contributed by atoms with E-state index in [1.54, 1.807) is 24.4 Å². The molecule has 0 spiro atoms. The summed E-state index contributed by atoms with van der Waals surface area (Å²) >= 11 is 0. The van der Waals surface area contributed by atoms with Crippen molar-refractivity contribution in [3.8, 4) is 0 Å². The van der Waals surface area contributed by atoms with Crippen LogP contribution < -0.4 is 10.7 Å². The number of rotatable bonds is 4. The number of halogens is 1. The van der Waals surface area contributed by atoms with Crippen molar-refractivity contribution in [3.63, 3.8) is 0 Å². The van der Waals surface area contributed by atoms with Gasteiger partial charge in [-0.05, 0) is 55.7 Å². The monoisotopic (exact) mass is 417 g/mol. The number of hydrogen-bond donors (Lipinski definition) is 2. The lowest BCUT2D eigenvalue weighted by Crippen LogP contribution is -2.41. The summed E-state index contributed by atoms with van der Waals surface area (Å²) in [5.74, 6) is -1.00. The van der Waals surface area contributed by atoms with Gasteiger partial charge in [-0.15, -0.1) is 0 Å². The highest BCUT2D eigenvalue weighted by Gasteiger charge is 2.26. The zero-order valence-electron chi connectivity index (χ0n) is 17.9. The third-order valence-electron chi connectivity index (χ3n) is 5.56. The SMILES string of the molecule is CC(C)c1ccc(C(C)(C)NC(=O)c2cc3[nH]c4ccccc4c(=O)c3cc2F)cn1. The summed E-state index contributed by atoms with van der Waals surface area (Å²) in [5, 5.41) is 3.57. The van der Waals surface area contributed by atoms with E-state index in [0.29, 0.717) is 22.3 Å². The maximum absolute atomic E-state index is 14.8. The maximum atomic E-state index is 14.8. The number of pyridine rings is 2. The molecule has 0 unspecified atom stereocenters. The van der Waals surface area contributed by atoms with Crippen LogP contribution in [0, 0.1) is 5.82 Å². The maximum Gasteiger partial charge on any atom is 0.255 e. The standard InChI is InChI=1S/C25H24FN3O2/c1-14(2)20-10-9-15(13-27-20)25(3,4)29-24(31)17-12-22-18(11-19(17)26)23(30)16-7-5-6-8-21(16)28-22/h5-14H,1-4H3,(H,28,30)(H,29,31). The van der Waals surface area contributed by atoms with Gasteiger partial charge in [0.1, 0.15) is 5.82 Å². The van der Waals surface area contributed by atoms with Crippen molar-refractivity contribution in [2.75, 3.05) is 0 Å². The Labute approximate surface area is 179 Å². The van der Waals surface area contributed by atoms with Crippen LogP contribution in [0.3, 0.4) is 0 Å². The minimum absolute atomic E-state index is 0.127. The van der Waals surface area contributed by atoms with Crippen molar-refractivity contribution in [2.24, 2.45) is 0 Å². The highest BCUT2D eigenvalue weighted by atomic mass is 19.1. The molecule has 2 N–H and O–H groups in total. The molecule has 0 aliphatic carbocycles. The number of amides is 1. The van der Waals surface area contributed by atoms with Crippen LogP contribution in [-0.4, -0.2) is 15.9 Å². The van der Waals surface area contributed by atoms with Gasteiger partial charge in [0.25, 0.3) is 5.91 Å². The molecule has 6 heteroatoms. The van der Waals surface area contributed by atoms with Crippen molar-refractivity contribution in [3.05, 3.63) is 87.6 Å². The van der Waals surface area contributed by atoms with Crippen molar-refractivity contribution in [1.82, 2.24) is 15.3 Å². The molecular formula is C25H24FN3O2. The molecule has 1 amide bonds. The van der Waals surface area contributed by atoms with Crippen LogP contribution in [-0.2, 0) is 5.54 Å². The van der Waals surface area contributed by atoms with E-state index >= 15 is 0 Å². The molecule has 0 saturated heterocycles. The summed E-state index contributed by atoms with van der Waals surface area (Å²) in [5.41, 5.74) is 1.65. The molecule has 31 heavy (non-hydrogen) atoms. The number of nitrogens with zero attached hydrogens (tertiary/aromatic N) is 1. The normalized spacial score (nSPS) is 11.9. The van der Waals surface area contributed by atoms with Crippen molar-refractivity contribution in [2.45, 2.75) is 39.2 Å². The topological polar surface area (TPSA) is 74.8 Å². The van der Waals surface area contributed by atoms with E-state index in [0.717, 1.165) is 17.3 Å². The number of benzene rings is 2. The van der Waals surface area contributed by atoms with Gasteiger partial charge in [0.2, 0.25) is 0 Å². The average molecular weight is 417 g/mol. The molecular weight excluding hydrogens is 393 g/mol. The molecule has 0 radical (unpaired) electrons. The Hall–Kier alpha value is -3.54. The van der Waals surface area contributed by atoms with Gasteiger partial charge in [0.05, 0.1) is 16.6 Å². The van der Waals surface area contributed by atoms with Crippen LogP contribution in [0.15, 0.2) is 59.5 Å². The molecule has 2 aromatic heterocycles. The number of carbonyl (C=O) groups is 1. The summed E-state index contributed by atoms with van der Waals surface area (Å²) in [6.07, 6.45) is 1.73. The van der Waals surface area contributed by atoms with E-state index in [9.17, 15) is 14.0 Å². The second-order valence-corrected chi connectivity index (χ2v) is 8.58. The molecule has 4 aromatic rings. The Morgan fingerprint density at radius 3 is 2.48 bits per heavy atom. The van der Waals surface area contributed by atoms with E-state index in [4.69, 9.17) is 0 Å². The van der Waals surface area contributed by atoms with Crippen LogP contribution >= 0.6 is 0 Å². The fourth-order valence-corrected chi connectivity index (χ4v) is 3.66. The molecule has 158 valence electrons. The van der Waals surface area contributed by atoms with E-state index in [1.165, 1.54) is 6.07 Å². The second-order valence-electron chi connectivity index (χ2n) is 8.58. The van der Waals surface area contributed by atoms with Crippen LogP contribution in [0.4, 0.5) is 4.39 Å². The van der Waals surface area contributed by atoms with E-state index in [-0.39, 0.29) is 16.4 Å². The van der Waals surface area contributed by atoms with Gasteiger partial charge in [0.15, 0.2) is 5.43 Å². The number of aromatic nitrogens is 2. The number of para-hydroxylation sites is 1. The number of H-pyrrole nitrogens is 1. The number of carbonyl (C=O) groups excluding carboxylic acids is 1. The first-order chi connectivity index (χ1) is 14.7. The lowest BCUT2D eigenvalue weighted by atomic mass is 9.94. The van der Waals surface area contributed by atoms with Gasteiger partial charge < -0.3 is 10.3 Å². The third kappa shape index (κ3) is 3.81. The molecule has 0 saturated carbocycles. The predicted octanol–water partition coefficient (Wildman–Crippen LogP) is 5.00. The Morgan fingerprint density at radius 1 is 1.06 bits per heavy atom. The zero-order chi connectivity index (χ0) is 22.3. The minimum Gasteiger partial charge on any atom is -0.354 e. The highest BCUT2D eigenvalue weighted by molar-refractivity contribution is 6.00. The van der Waals surface area contributed by atoms with Gasteiger partial charge in [0, 0.05) is 28.2 Å². The number of nitrogens with one attached hydrogen (secondary N) is 2. The lowest BCUT2D eigenvalue weighted by Gasteiger charge is -2.27. The van der Waals surface area contributed by atoms with Gasteiger partial charge in [-0.1, -0.05) is 32.0 Å². The van der Waals surface area contributed by atoms with Crippen molar-refractivity contribution >= 4 is 27.7 Å². The van der Waals surface area contributed by atoms with Crippen molar-refractivity contribution < 1.29 is 9.18 Å². The minimum atomic E-state index is -0.766. The number of hydrogen-bond acceptors (Lipinski definition) is 3. The summed E-state index contributed by atoms with van der Waals surface area (Å²) in [4.78, 5) is 33.3. The van der Waals surface area contributed by atoms with Gasteiger partial charge >= 0.3 is 0 Å². The van der Waals surface area contributed by atoms with Gasteiger partial charge in [-0.2, -0.15) is 0 Å². The summed E-state index contributed by atoms with van der Waals surface area (Å²) in [6, 6.07) is 13.4. The van der Waals surface area contributed by atoms with Crippen LogP contribution in [0.25, 0.3) is 21.8 Å². The van der Waals surface area contributed by atoms with Crippen molar-refractivity contribution in [1.29, 1.82) is 0 Å². The molecule has 0 fully saturated rings. The number of aromatic amines is 1. The first-order valence-corrected chi connectivity index (χ1v) is 10.2. The molecule has 4 rings (SSSR count). The summed E-state index contributed by atoms with van der Waals surface area (Å²) in [7, 11) is 0.